The third-order valence-electron chi connectivity index (χ3n) is 2.43. The Balaban J connectivity index is 2.26. The van der Waals surface area contributed by atoms with E-state index >= 15 is 0 Å². The van der Waals surface area contributed by atoms with Crippen LogP contribution in [0.2, 0.25) is 0 Å². The van der Waals surface area contributed by atoms with Gasteiger partial charge < -0.3 is 11.1 Å². The number of nitrogens with one attached hydrogen (secondary N) is 1. The normalized spacial score (nSPS) is 14.3. The fraction of sp³-hybridized carbons (Fsp3) is 0.250. The van der Waals surface area contributed by atoms with E-state index in [2.05, 4.69) is 5.32 Å². The highest BCUT2D eigenvalue weighted by atomic mass is 16.1. The summed E-state index contributed by atoms with van der Waals surface area (Å²) in [6.07, 6.45) is 5.39. The first-order chi connectivity index (χ1) is 7.31. The van der Waals surface area contributed by atoms with Crippen LogP contribution >= 0.6 is 0 Å². The predicted octanol–water partition coefficient (Wildman–Crippen LogP) is 1.54. The molecule has 0 fully saturated rings. The lowest BCUT2D eigenvalue weighted by atomic mass is 10.1. The SMILES string of the molecule is NCCC=Cc1cccc2c1NC(=O)C2. The molecule has 0 aromatic heterocycles. The van der Waals surface area contributed by atoms with Gasteiger partial charge in [0.1, 0.15) is 0 Å². The van der Waals surface area contributed by atoms with Gasteiger partial charge in [-0.05, 0) is 24.1 Å². The van der Waals surface area contributed by atoms with Crippen molar-refractivity contribution in [1.82, 2.24) is 0 Å². The summed E-state index contributed by atoms with van der Waals surface area (Å²) in [6.45, 7) is 0.651. The zero-order valence-electron chi connectivity index (χ0n) is 8.49. The molecular formula is C12H14N2O. The van der Waals surface area contributed by atoms with Crippen LogP contribution in [0.1, 0.15) is 17.5 Å². The van der Waals surface area contributed by atoms with Gasteiger partial charge in [0.25, 0.3) is 0 Å². The summed E-state index contributed by atoms with van der Waals surface area (Å²) < 4.78 is 0. The van der Waals surface area contributed by atoms with Crippen LogP contribution in [0.3, 0.4) is 0 Å². The summed E-state index contributed by atoms with van der Waals surface area (Å²) in [6, 6.07) is 5.95. The Hall–Kier alpha value is -1.61. The van der Waals surface area contributed by atoms with Gasteiger partial charge in [-0.3, -0.25) is 4.79 Å². The molecule has 3 N–H and O–H groups in total. The van der Waals surface area contributed by atoms with E-state index in [-0.39, 0.29) is 5.91 Å². The summed E-state index contributed by atoms with van der Waals surface area (Å²) >= 11 is 0. The molecule has 0 saturated heterocycles. The number of benzene rings is 1. The number of fused-ring (bicyclic) bond motifs is 1. The molecule has 78 valence electrons. The van der Waals surface area contributed by atoms with Crippen molar-refractivity contribution < 1.29 is 4.79 Å². The number of para-hydroxylation sites is 1. The predicted molar refractivity (Wildman–Crippen MR) is 61.5 cm³/mol. The van der Waals surface area contributed by atoms with E-state index in [0.29, 0.717) is 13.0 Å². The highest BCUT2D eigenvalue weighted by Gasteiger charge is 2.18. The highest BCUT2D eigenvalue weighted by Crippen LogP contribution is 2.27. The lowest BCUT2D eigenvalue weighted by Crippen LogP contribution is -2.04. The number of anilines is 1. The minimum atomic E-state index is 0.0738. The quantitative estimate of drug-likeness (QED) is 0.781. The Bertz CT molecular complexity index is 410. The number of nitrogens with two attached hydrogens (primary N) is 1. The molecule has 3 heteroatoms. The van der Waals surface area contributed by atoms with Crippen LogP contribution in [-0.4, -0.2) is 12.5 Å². The smallest absolute Gasteiger partial charge is 0.228 e. The molecule has 3 nitrogen and oxygen atoms in total. The van der Waals surface area contributed by atoms with E-state index in [1.165, 1.54) is 0 Å². The molecule has 0 spiro atoms. The molecule has 2 rings (SSSR count). The summed E-state index contributed by atoms with van der Waals surface area (Å²) in [5.41, 5.74) is 8.50. The van der Waals surface area contributed by atoms with Gasteiger partial charge in [0.2, 0.25) is 5.91 Å². The second kappa shape index (κ2) is 4.28. The maximum absolute atomic E-state index is 11.2. The molecule has 1 aromatic rings. The topological polar surface area (TPSA) is 55.1 Å². The zero-order chi connectivity index (χ0) is 10.7. The van der Waals surface area contributed by atoms with Crippen LogP contribution in [0.4, 0.5) is 5.69 Å². The average Bonchev–Trinajstić information content (AvgIpc) is 2.59. The fourth-order valence-corrected chi connectivity index (χ4v) is 1.72. The largest absolute Gasteiger partial charge is 0.330 e. The zero-order valence-corrected chi connectivity index (χ0v) is 8.49. The third kappa shape index (κ3) is 2.07. The van der Waals surface area contributed by atoms with Gasteiger partial charge >= 0.3 is 0 Å². The van der Waals surface area contributed by atoms with E-state index in [1.807, 2.05) is 30.4 Å². The van der Waals surface area contributed by atoms with Gasteiger partial charge in [0, 0.05) is 0 Å². The van der Waals surface area contributed by atoms with Crippen molar-refractivity contribution in [2.24, 2.45) is 5.73 Å². The fourth-order valence-electron chi connectivity index (χ4n) is 1.72. The van der Waals surface area contributed by atoms with Crippen molar-refractivity contribution in [3.8, 4) is 0 Å². The van der Waals surface area contributed by atoms with Crippen LogP contribution in [0, 0.1) is 0 Å². The first kappa shape index (κ1) is 9.93. The van der Waals surface area contributed by atoms with E-state index in [4.69, 9.17) is 5.73 Å². The molecular weight excluding hydrogens is 188 g/mol. The molecule has 15 heavy (non-hydrogen) atoms. The molecule has 1 heterocycles. The van der Waals surface area contributed by atoms with Crippen LogP contribution in [0.25, 0.3) is 6.08 Å². The van der Waals surface area contributed by atoms with Crippen LogP contribution in [0.5, 0.6) is 0 Å². The first-order valence-corrected chi connectivity index (χ1v) is 5.09. The van der Waals surface area contributed by atoms with Crippen LogP contribution in [-0.2, 0) is 11.2 Å². The van der Waals surface area contributed by atoms with Crippen molar-refractivity contribution >= 4 is 17.7 Å². The second-order valence-corrected chi connectivity index (χ2v) is 3.59. The number of rotatable bonds is 3. The summed E-state index contributed by atoms with van der Waals surface area (Å²) in [5, 5.41) is 2.87. The van der Waals surface area contributed by atoms with Crippen LogP contribution in [0.15, 0.2) is 24.3 Å². The second-order valence-electron chi connectivity index (χ2n) is 3.59. The molecule has 0 atom stereocenters. The van der Waals surface area contributed by atoms with E-state index in [9.17, 15) is 4.79 Å². The average molecular weight is 202 g/mol. The maximum atomic E-state index is 11.2. The van der Waals surface area contributed by atoms with Crippen molar-refractivity contribution in [2.45, 2.75) is 12.8 Å². The Morgan fingerprint density at radius 1 is 1.47 bits per heavy atom. The van der Waals surface area contributed by atoms with E-state index < -0.39 is 0 Å². The van der Waals surface area contributed by atoms with Gasteiger partial charge in [-0.15, -0.1) is 0 Å². The number of hydrogen-bond acceptors (Lipinski definition) is 2. The molecule has 1 amide bonds. The van der Waals surface area contributed by atoms with Gasteiger partial charge in [0.05, 0.1) is 12.1 Å². The molecule has 1 aliphatic rings. The van der Waals surface area contributed by atoms with Crippen molar-refractivity contribution in [3.05, 3.63) is 35.4 Å². The minimum absolute atomic E-state index is 0.0738. The Labute approximate surface area is 89.0 Å². The summed E-state index contributed by atoms with van der Waals surface area (Å²) in [5.74, 6) is 0.0738. The van der Waals surface area contributed by atoms with Gasteiger partial charge in [-0.1, -0.05) is 30.4 Å². The molecule has 0 unspecified atom stereocenters. The highest BCUT2D eigenvalue weighted by molar-refractivity contribution is 6.01. The lowest BCUT2D eigenvalue weighted by Gasteiger charge is -2.02. The molecule has 1 aliphatic heterocycles. The van der Waals surface area contributed by atoms with Crippen molar-refractivity contribution in [1.29, 1.82) is 0 Å². The molecule has 0 bridgehead atoms. The Morgan fingerprint density at radius 3 is 3.13 bits per heavy atom. The Morgan fingerprint density at radius 2 is 2.33 bits per heavy atom. The first-order valence-electron chi connectivity index (χ1n) is 5.09. The van der Waals surface area contributed by atoms with Gasteiger partial charge in [0.15, 0.2) is 0 Å². The maximum Gasteiger partial charge on any atom is 0.228 e. The number of amides is 1. The number of carbonyl (C=O) groups is 1. The molecule has 0 aliphatic carbocycles. The summed E-state index contributed by atoms with van der Waals surface area (Å²) in [4.78, 5) is 11.2. The van der Waals surface area contributed by atoms with Crippen molar-refractivity contribution in [2.75, 3.05) is 11.9 Å². The lowest BCUT2D eigenvalue weighted by molar-refractivity contribution is -0.115. The molecule has 1 aromatic carbocycles. The molecule has 0 saturated carbocycles. The van der Waals surface area contributed by atoms with Gasteiger partial charge in [-0.2, -0.15) is 0 Å². The van der Waals surface area contributed by atoms with Crippen LogP contribution < -0.4 is 11.1 Å². The molecule has 0 radical (unpaired) electrons. The van der Waals surface area contributed by atoms with E-state index in [0.717, 1.165) is 23.2 Å². The number of hydrogen-bond donors (Lipinski definition) is 2. The van der Waals surface area contributed by atoms with Crippen molar-refractivity contribution in [3.63, 3.8) is 0 Å². The third-order valence-corrected chi connectivity index (χ3v) is 2.43. The van der Waals surface area contributed by atoms with E-state index in [1.54, 1.807) is 0 Å². The Kier molecular flexibility index (Phi) is 2.83. The van der Waals surface area contributed by atoms with Gasteiger partial charge in [-0.25, -0.2) is 0 Å². The minimum Gasteiger partial charge on any atom is -0.330 e. The summed E-state index contributed by atoms with van der Waals surface area (Å²) in [7, 11) is 0. The number of carbonyl (C=O) groups excluding carboxylic acids is 1. The standard InChI is InChI=1S/C12H14N2O/c13-7-2-1-4-9-5-3-6-10-8-11(15)14-12(9)10/h1,3-6H,2,7-8,13H2,(H,14,15). The monoisotopic (exact) mass is 202 g/mol.